The van der Waals surface area contributed by atoms with E-state index in [0.29, 0.717) is 11.3 Å². The summed E-state index contributed by atoms with van der Waals surface area (Å²) in [6, 6.07) is 12.3. The van der Waals surface area contributed by atoms with E-state index in [0.717, 1.165) is 0 Å². The fourth-order valence-corrected chi connectivity index (χ4v) is 2.35. The van der Waals surface area contributed by atoms with Gasteiger partial charge in [-0.05, 0) is 52.0 Å². The van der Waals surface area contributed by atoms with E-state index in [1.807, 2.05) is 20.8 Å². The molecule has 0 fully saturated rings. The van der Waals surface area contributed by atoms with Gasteiger partial charge in [-0.15, -0.1) is 0 Å². The molecule has 0 aliphatic rings. The van der Waals surface area contributed by atoms with Crippen molar-refractivity contribution in [3.05, 3.63) is 64.2 Å². The van der Waals surface area contributed by atoms with Crippen LogP contribution >= 0.6 is 0 Å². The van der Waals surface area contributed by atoms with Crippen LogP contribution in [0.4, 0.5) is 11.4 Å². The van der Waals surface area contributed by atoms with Crippen LogP contribution in [0.5, 0.6) is 5.75 Å². The third-order valence-corrected chi connectivity index (χ3v) is 3.62. The highest BCUT2D eigenvalue weighted by molar-refractivity contribution is 5.98. The number of ether oxygens (including phenoxy) is 1. The number of amides is 2. The molecule has 0 heterocycles. The molecule has 0 aliphatic carbocycles. The molecule has 0 radical (unpaired) electrons. The lowest BCUT2D eigenvalue weighted by Gasteiger charge is -2.20. The van der Waals surface area contributed by atoms with Crippen LogP contribution in [0.15, 0.2) is 48.5 Å². The normalized spacial score (nSPS) is 12.0. The van der Waals surface area contributed by atoms with Crippen LogP contribution < -0.4 is 15.4 Å². The minimum atomic E-state index is -0.979. The Bertz CT molecular complexity index is 889. The number of nitrogens with zero attached hydrogens (tertiary/aromatic N) is 1. The lowest BCUT2D eigenvalue weighted by atomic mass is 10.1. The van der Waals surface area contributed by atoms with E-state index in [9.17, 15) is 19.7 Å². The van der Waals surface area contributed by atoms with Gasteiger partial charge in [-0.2, -0.15) is 0 Å². The first-order valence-corrected chi connectivity index (χ1v) is 8.70. The molecule has 1 unspecified atom stereocenters. The molecule has 0 saturated heterocycles. The highest BCUT2D eigenvalue weighted by Gasteiger charge is 2.21. The minimum absolute atomic E-state index is 0.00783. The second kappa shape index (κ2) is 8.51. The zero-order valence-corrected chi connectivity index (χ0v) is 16.2. The van der Waals surface area contributed by atoms with Crippen molar-refractivity contribution >= 4 is 23.2 Å². The quantitative estimate of drug-likeness (QED) is 0.584. The summed E-state index contributed by atoms with van der Waals surface area (Å²) < 4.78 is 5.45. The van der Waals surface area contributed by atoms with Gasteiger partial charge in [0.05, 0.1) is 4.92 Å². The lowest BCUT2D eigenvalue weighted by Crippen LogP contribution is -2.40. The average Bonchev–Trinajstić information content (AvgIpc) is 2.60. The zero-order chi connectivity index (χ0) is 20.9. The Morgan fingerprint density at radius 1 is 1.11 bits per heavy atom. The Hall–Kier alpha value is -3.42. The van der Waals surface area contributed by atoms with Crippen molar-refractivity contribution in [3.8, 4) is 5.75 Å². The fraction of sp³-hybridized carbons (Fsp3) is 0.300. The summed E-state index contributed by atoms with van der Waals surface area (Å²) in [5.74, 6) is -0.743. The molecule has 0 spiro atoms. The van der Waals surface area contributed by atoms with Gasteiger partial charge in [0.15, 0.2) is 11.9 Å². The van der Waals surface area contributed by atoms with Crippen molar-refractivity contribution in [3.63, 3.8) is 0 Å². The number of carbonyl (C=O) groups excluding carboxylic acids is 2. The molecular formula is C20H23N3O5. The van der Waals surface area contributed by atoms with Crippen LogP contribution in [-0.2, 0) is 4.79 Å². The van der Waals surface area contributed by atoms with Gasteiger partial charge in [-0.3, -0.25) is 19.7 Å². The van der Waals surface area contributed by atoms with E-state index >= 15 is 0 Å². The van der Waals surface area contributed by atoms with Crippen molar-refractivity contribution in [1.82, 2.24) is 5.32 Å². The van der Waals surface area contributed by atoms with Crippen LogP contribution in [0.25, 0.3) is 0 Å². The van der Waals surface area contributed by atoms with E-state index in [4.69, 9.17) is 4.74 Å². The summed E-state index contributed by atoms with van der Waals surface area (Å²) in [7, 11) is 0. The summed E-state index contributed by atoms with van der Waals surface area (Å²) in [5.41, 5.74) is 0.218. The van der Waals surface area contributed by atoms with Gasteiger partial charge in [-0.1, -0.05) is 18.2 Å². The zero-order valence-electron chi connectivity index (χ0n) is 16.2. The van der Waals surface area contributed by atoms with Crippen molar-refractivity contribution in [2.75, 3.05) is 5.32 Å². The van der Waals surface area contributed by atoms with Crippen molar-refractivity contribution < 1.29 is 19.2 Å². The molecule has 2 rings (SSSR count). The van der Waals surface area contributed by atoms with Crippen LogP contribution in [-0.4, -0.2) is 28.4 Å². The van der Waals surface area contributed by atoms with Crippen LogP contribution in [0.2, 0.25) is 0 Å². The Balaban J connectivity index is 2.08. The predicted molar refractivity (Wildman–Crippen MR) is 105 cm³/mol. The number of hydrogen-bond acceptors (Lipinski definition) is 5. The van der Waals surface area contributed by atoms with E-state index in [1.165, 1.54) is 25.1 Å². The molecule has 2 N–H and O–H groups in total. The molecule has 2 aromatic rings. The monoisotopic (exact) mass is 385 g/mol. The molecule has 0 saturated carbocycles. The van der Waals surface area contributed by atoms with Gasteiger partial charge in [0, 0.05) is 22.9 Å². The summed E-state index contributed by atoms with van der Waals surface area (Å²) >= 11 is 0. The largest absolute Gasteiger partial charge is 0.474 e. The van der Waals surface area contributed by atoms with E-state index < -0.39 is 16.9 Å². The van der Waals surface area contributed by atoms with Gasteiger partial charge in [0.1, 0.15) is 0 Å². The highest BCUT2D eigenvalue weighted by Crippen LogP contribution is 2.27. The predicted octanol–water partition coefficient (Wildman–Crippen LogP) is 3.53. The van der Waals surface area contributed by atoms with Gasteiger partial charge in [-0.25, -0.2) is 0 Å². The maximum absolute atomic E-state index is 12.4. The lowest BCUT2D eigenvalue weighted by molar-refractivity contribution is -0.386. The third-order valence-electron chi connectivity index (χ3n) is 3.62. The summed E-state index contributed by atoms with van der Waals surface area (Å²) in [6.45, 7) is 7.11. The van der Waals surface area contributed by atoms with E-state index in [-0.39, 0.29) is 22.9 Å². The maximum atomic E-state index is 12.4. The fourth-order valence-electron chi connectivity index (χ4n) is 2.35. The van der Waals surface area contributed by atoms with Crippen molar-refractivity contribution in [2.24, 2.45) is 0 Å². The number of nitro benzene ring substituents is 1. The highest BCUT2D eigenvalue weighted by atomic mass is 16.6. The van der Waals surface area contributed by atoms with Crippen molar-refractivity contribution in [2.45, 2.75) is 39.3 Å². The van der Waals surface area contributed by atoms with Gasteiger partial charge in [0.25, 0.3) is 11.8 Å². The molecule has 8 nitrogen and oxygen atoms in total. The topological polar surface area (TPSA) is 111 Å². The molecule has 0 bridgehead atoms. The van der Waals surface area contributed by atoms with Gasteiger partial charge < -0.3 is 15.4 Å². The summed E-state index contributed by atoms with van der Waals surface area (Å²) in [6.07, 6.45) is -0.979. The first-order chi connectivity index (χ1) is 13.1. The molecule has 148 valence electrons. The van der Waals surface area contributed by atoms with E-state index in [2.05, 4.69) is 10.6 Å². The number of hydrogen-bond donors (Lipinski definition) is 2. The maximum Gasteiger partial charge on any atom is 0.310 e. The Morgan fingerprint density at radius 3 is 2.43 bits per heavy atom. The van der Waals surface area contributed by atoms with Crippen molar-refractivity contribution in [1.29, 1.82) is 0 Å². The standard InChI is InChI=1S/C20H23N3O5/c1-13(28-17-11-6-5-10-16(17)23(26)27)18(24)21-15-9-7-8-14(12-15)19(25)22-20(2,3)4/h5-13H,1-4H3,(H,21,24)(H,22,25). The first kappa shape index (κ1) is 20.9. The molecule has 0 aromatic heterocycles. The third kappa shape index (κ3) is 5.80. The minimum Gasteiger partial charge on any atom is -0.474 e. The summed E-state index contributed by atoms with van der Waals surface area (Å²) in [4.78, 5) is 35.1. The van der Waals surface area contributed by atoms with Gasteiger partial charge >= 0.3 is 5.69 Å². The smallest absolute Gasteiger partial charge is 0.310 e. The number of para-hydroxylation sites is 2. The number of carbonyl (C=O) groups is 2. The second-order valence-corrected chi connectivity index (χ2v) is 7.26. The number of nitro groups is 1. The molecule has 8 heteroatoms. The SMILES string of the molecule is CC(Oc1ccccc1[N+](=O)[O-])C(=O)Nc1cccc(C(=O)NC(C)(C)C)c1. The Labute approximate surface area is 163 Å². The van der Waals surface area contributed by atoms with Crippen LogP contribution in [0.3, 0.4) is 0 Å². The summed E-state index contributed by atoms with van der Waals surface area (Å²) in [5, 5.41) is 16.6. The molecule has 1 atom stereocenters. The Kier molecular flexibility index (Phi) is 6.35. The molecule has 0 aliphatic heterocycles. The number of anilines is 1. The van der Waals surface area contributed by atoms with Crippen LogP contribution in [0, 0.1) is 10.1 Å². The first-order valence-electron chi connectivity index (χ1n) is 8.70. The van der Waals surface area contributed by atoms with E-state index in [1.54, 1.807) is 30.3 Å². The van der Waals surface area contributed by atoms with Gasteiger partial charge in [0.2, 0.25) is 0 Å². The number of rotatable bonds is 6. The molecular weight excluding hydrogens is 362 g/mol. The molecule has 2 amide bonds. The second-order valence-electron chi connectivity index (χ2n) is 7.26. The average molecular weight is 385 g/mol. The number of nitrogens with one attached hydrogen (secondary N) is 2. The molecule has 28 heavy (non-hydrogen) atoms. The molecule has 2 aromatic carbocycles. The van der Waals surface area contributed by atoms with Crippen LogP contribution in [0.1, 0.15) is 38.1 Å². The Morgan fingerprint density at radius 2 is 1.79 bits per heavy atom. The number of benzene rings is 2.